The maximum atomic E-state index is 5.65. The second-order valence-electron chi connectivity index (χ2n) is 3.78. The molecule has 0 atom stereocenters. The van der Waals surface area contributed by atoms with Crippen LogP contribution in [-0.4, -0.2) is 44.1 Å². The fourth-order valence-corrected chi connectivity index (χ4v) is 2.02. The highest BCUT2D eigenvalue weighted by Gasteiger charge is 2.17. The van der Waals surface area contributed by atoms with Crippen molar-refractivity contribution in [2.24, 2.45) is 5.92 Å². The smallest absolute Gasteiger partial charge is 0.0491 e. The summed E-state index contributed by atoms with van der Waals surface area (Å²) in [5.74, 6) is 1.58. The Labute approximate surface area is 86.2 Å². The van der Waals surface area contributed by atoms with E-state index in [1.807, 2.05) is 0 Å². The number of piperidine rings is 1. The van der Waals surface area contributed by atoms with Crippen molar-refractivity contribution in [2.45, 2.75) is 19.3 Å². The number of hydrogen-bond acceptors (Lipinski definition) is 2. The molecule has 0 amide bonds. The Bertz CT molecular complexity index is 124. The van der Waals surface area contributed by atoms with Crippen LogP contribution in [0.5, 0.6) is 0 Å². The Kier molecular flexibility index (Phi) is 5.76. The molecule has 78 valence electrons. The van der Waals surface area contributed by atoms with E-state index in [0.29, 0.717) is 0 Å². The molecule has 0 spiro atoms. The predicted octanol–water partition coefficient (Wildman–Crippen LogP) is 1.97. The van der Waals surface area contributed by atoms with E-state index >= 15 is 0 Å². The van der Waals surface area contributed by atoms with Gasteiger partial charge in [-0.25, -0.2) is 0 Å². The first kappa shape index (κ1) is 11.3. The summed E-state index contributed by atoms with van der Waals surface area (Å²) in [5, 5.41) is 0. The molecular weight excluding hydrogens is 186 g/mol. The van der Waals surface area contributed by atoms with Gasteiger partial charge in [-0.15, -0.1) is 11.6 Å². The van der Waals surface area contributed by atoms with Crippen LogP contribution in [-0.2, 0) is 4.74 Å². The largest absolute Gasteiger partial charge is 0.384 e. The first-order chi connectivity index (χ1) is 6.36. The number of alkyl halides is 1. The van der Waals surface area contributed by atoms with E-state index in [-0.39, 0.29) is 0 Å². The summed E-state index contributed by atoms with van der Waals surface area (Å²) in [7, 11) is 1.79. The lowest BCUT2D eigenvalue weighted by atomic mass is 9.98. The van der Waals surface area contributed by atoms with Gasteiger partial charge in [-0.05, 0) is 44.8 Å². The van der Waals surface area contributed by atoms with E-state index in [1.165, 1.54) is 32.5 Å². The van der Waals surface area contributed by atoms with E-state index in [4.69, 9.17) is 16.3 Å². The van der Waals surface area contributed by atoms with Crippen LogP contribution in [0.4, 0.5) is 0 Å². The number of ether oxygens (including phenoxy) is 1. The van der Waals surface area contributed by atoms with Gasteiger partial charge in [0.05, 0.1) is 0 Å². The zero-order valence-electron chi connectivity index (χ0n) is 8.47. The van der Waals surface area contributed by atoms with Crippen molar-refractivity contribution in [3.8, 4) is 0 Å². The molecule has 0 saturated carbocycles. The average Bonchev–Trinajstić information content (AvgIpc) is 2.17. The van der Waals surface area contributed by atoms with Crippen molar-refractivity contribution in [3.05, 3.63) is 0 Å². The van der Waals surface area contributed by atoms with Crippen LogP contribution in [0.3, 0.4) is 0 Å². The van der Waals surface area contributed by atoms with Gasteiger partial charge in [0.1, 0.15) is 0 Å². The lowest BCUT2D eigenvalue weighted by Gasteiger charge is -2.31. The van der Waals surface area contributed by atoms with Gasteiger partial charge in [0, 0.05) is 19.6 Å². The Hall–Kier alpha value is 0.210. The summed E-state index contributed by atoms with van der Waals surface area (Å²) in [4.78, 5) is 2.51. The Balaban J connectivity index is 2.08. The minimum atomic E-state index is 0.789. The van der Waals surface area contributed by atoms with Gasteiger partial charge in [0.15, 0.2) is 0 Å². The molecule has 1 saturated heterocycles. The lowest BCUT2D eigenvalue weighted by Crippen LogP contribution is -2.35. The molecule has 2 nitrogen and oxygen atoms in total. The molecule has 0 N–H and O–H groups in total. The Morgan fingerprint density at radius 1 is 1.38 bits per heavy atom. The Morgan fingerprint density at radius 2 is 2.08 bits per heavy atom. The number of likely N-dealkylation sites (tertiary alicyclic amines) is 1. The molecule has 0 aromatic heterocycles. The molecule has 1 fully saturated rings. The van der Waals surface area contributed by atoms with E-state index in [0.717, 1.165) is 24.8 Å². The first-order valence-electron chi connectivity index (χ1n) is 5.14. The van der Waals surface area contributed by atoms with Crippen LogP contribution in [0.25, 0.3) is 0 Å². The van der Waals surface area contributed by atoms with E-state index < -0.39 is 0 Å². The van der Waals surface area contributed by atoms with Crippen molar-refractivity contribution >= 4 is 11.6 Å². The van der Waals surface area contributed by atoms with Gasteiger partial charge in [0.2, 0.25) is 0 Å². The summed E-state index contributed by atoms with van der Waals surface area (Å²) in [6.45, 7) is 4.56. The third-order valence-corrected chi connectivity index (χ3v) is 2.98. The van der Waals surface area contributed by atoms with Gasteiger partial charge in [-0.1, -0.05) is 0 Å². The SMILES string of the molecule is COCC1CCN(CCCCl)CC1. The topological polar surface area (TPSA) is 12.5 Å². The molecular formula is C10H20ClNO. The van der Waals surface area contributed by atoms with E-state index in [1.54, 1.807) is 7.11 Å². The third kappa shape index (κ3) is 4.30. The minimum absolute atomic E-state index is 0.789. The Morgan fingerprint density at radius 3 is 2.62 bits per heavy atom. The molecule has 0 unspecified atom stereocenters. The zero-order valence-corrected chi connectivity index (χ0v) is 9.22. The third-order valence-electron chi connectivity index (χ3n) is 2.72. The molecule has 1 aliphatic heterocycles. The average molecular weight is 206 g/mol. The second-order valence-corrected chi connectivity index (χ2v) is 4.16. The predicted molar refractivity (Wildman–Crippen MR) is 56.4 cm³/mol. The molecule has 1 aliphatic rings. The second kappa shape index (κ2) is 6.63. The summed E-state index contributed by atoms with van der Waals surface area (Å²) in [6, 6.07) is 0. The van der Waals surface area contributed by atoms with Crippen molar-refractivity contribution in [2.75, 3.05) is 39.2 Å². The number of rotatable bonds is 5. The van der Waals surface area contributed by atoms with Crippen LogP contribution in [0, 0.1) is 5.92 Å². The summed E-state index contributed by atoms with van der Waals surface area (Å²) >= 11 is 5.65. The van der Waals surface area contributed by atoms with E-state index in [2.05, 4.69) is 4.90 Å². The van der Waals surface area contributed by atoms with Gasteiger partial charge in [0.25, 0.3) is 0 Å². The van der Waals surface area contributed by atoms with Gasteiger partial charge in [-0.3, -0.25) is 0 Å². The molecule has 0 aromatic rings. The maximum absolute atomic E-state index is 5.65. The normalized spacial score (nSPS) is 20.8. The van der Waals surface area contributed by atoms with Crippen LogP contribution in [0.2, 0.25) is 0 Å². The van der Waals surface area contributed by atoms with Crippen molar-refractivity contribution < 1.29 is 4.74 Å². The summed E-state index contributed by atoms with van der Waals surface area (Å²) < 4.78 is 5.16. The monoisotopic (exact) mass is 205 g/mol. The molecule has 0 bridgehead atoms. The summed E-state index contributed by atoms with van der Waals surface area (Å²) in [6.07, 6.45) is 3.70. The first-order valence-corrected chi connectivity index (χ1v) is 5.67. The quantitative estimate of drug-likeness (QED) is 0.637. The van der Waals surface area contributed by atoms with Crippen LogP contribution in [0.1, 0.15) is 19.3 Å². The number of halogens is 1. The highest BCUT2D eigenvalue weighted by Crippen LogP contribution is 2.17. The van der Waals surface area contributed by atoms with E-state index in [9.17, 15) is 0 Å². The fourth-order valence-electron chi connectivity index (χ4n) is 1.90. The molecule has 1 rings (SSSR count). The number of nitrogens with zero attached hydrogens (tertiary/aromatic N) is 1. The van der Waals surface area contributed by atoms with Gasteiger partial charge >= 0.3 is 0 Å². The fraction of sp³-hybridized carbons (Fsp3) is 1.00. The molecule has 0 radical (unpaired) electrons. The molecule has 0 aliphatic carbocycles. The van der Waals surface area contributed by atoms with Crippen LogP contribution >= 0.6 is 11.6 Å². The minimum Gasteiger partial charge on any atom is -0.384 e. The molecule has 1 heterocycles. The number of hydrogen-bond donors (Lipinski definition) is 0. The van der Waals surface area contributed by atoms with Crippen LogP contribution < -0.4 is 0 Å². The highest BCUT2D eigenvalue weighted by atomic mass is 35.5. The zero-order chi connectivity index (χ0) is 9.52. The van der Waals surface area contributed by atoms with Crippen molar-refractivity contribution in [3.63, 3.8) is 0 Å². The number of methoxy groups -OCH3 is 1. The standard InChI is InChI=1S/C10H20ClNO/c1-13-9-10-3-7-12(8-4-10)6-2-5-11/h10H,2-9H2,1H3. The van der Waals surface area contributed by atoms with Gasteiger partial charge in [-0.2, -0.15) is 0 Å². The van der Waals surface area contributed by atoms with Crippen molar-refractivity contribution in [1.82, 2.24) is 4.90 Å². The molecule has 3 heteroatoms. The maximum Gasteiger partial charge on any atom is 0.0491 e. The summed E-state index contributed by atoms with van der Waals surface area (Å²) in [5.41, 5.74) is 0. The molecule has 13 heavy (non-hydrogen) atoms. The van der Waals surface area contributed by atoms with Gasteiger partial charge < -0.3 is 9.64 Å². The van der Waals surface area contributed by atoms with Crippen molar-refractivity contribution in [1.29, 1.82) is 0 Å². The highest BCUT2D eigenvalue weighted by molar-refractivity contribution is 6.17. The lowest BCUT2D eigenvalue weighted by molar-refractivity contribution is 0.0997. The molecule has 0 aromatic carbocycles. The van der Waals surface area contributed by atoms with Crippen LogP contribution in [0.15, 0.2) is 0 Å².